The number of benzene rings is 2. The predicted molar refractivity (Wildman–Crippen MR) is 131 cm³/mol. The average molecular weight is 538 g/mol. The summed E-state index contributed by atoms with van der Waals surface area (Å²) in [5.74, 6) is -0.00931. The van der Waals surface area contributed by atoms with Gasteiger partial charge in [-0.05, 0) is 44.2 Å². The topological polar surface area (TPSA) is 145 Å². The number of carbonyl (C=O) groups is 2. The van der Waals surface area contributed by atoms with Gasteiger partial charge in [0.05, 0.1) is 37.6 Å². The third-order valence-electron chi connectivity index (χ3n) is 5.01. The molecular weight excluding hydrogens is 514 g/mol. The minimum atomic E-state index is -4.29. The van der Waals surface area contributed by atoms with Crippen LogP contribution in [0.25, 0.3) is 0 Å². The Hall–Kier alpha value is -3.90. The lowest BCUT2D eigenvalue weighted by Gasteiger charge is -2.16. The first-order chi connectivity index (χ1) is 17.0. The molecular formula is C23H24ClN3O8S. The third kappa shape index (κ3) is 5.66. The molecule has 0 bridgehead atoms. The number of furan rings is 1. The van der Waals surface area contributed by atoms with Gasteiger partial charge in [-0.3, -0.25) is 25.2 Å². The lowest BCUT2D eigenvalue weighted by atomic mass is 10.2. The van der Waals surface area contributed by atoms with Crippen LogP contribution in [-0.2, 0) is 10.0 Å². The first kappa shape index (κ1) is 26.7. The second-order valence-electron chi connectivity index (χ2n) is 7.39. The van der Waals surface area contributed by atoms with Crippen molar-refractivity contribution < 1.29 is 36.6 Å². The Labute approximate surface area is 212 Å². The number of hydrogen-bond donors (Lipinski definition) is 3. The molecule has 13 heteroatoms. The molecule has 0 atom stereocenters. The maximum atomic E-state index is 13.2. The molecule has 3 rings (SSSR count). The summed E-state index contributed by atoms with van der Waals surface area (Å²) in [7, 11) is -0.244. The van der Waals surface area contributed by atoms with E-state index in [1.54, 1.807) is 13.8 Å². The van der Waals surface area contributed by atoms with Crippen molar-refractivity contribution in [3.63, 3.8) is 0 Å². The summed E-state index contributed by atoms with van der Waals surface area (Å²) in [6, 6.07) is 8.04. The van der Waals surface area contributed by atoms with Gasteiger partial charge in [-0.25, -0.2) is 8.42 Å². The van der Waals surface area contributed by atoms with Gasteiger partial charge in [0.2, 0.25) is 0 Å². The van der Waals surface area contributed by atoms with Gasteiger partial charge in [-0.2, -0.15) is 0 Å². The van der Waals surface area contributed by atoms with E-state index in [2.05, 4.69) is 15.6 Å². The molecule has 0 aliphatic carbocycles. The van der Waals surface area contributed by atoms with Crippen molar-refractivity contribution in [2.75, 3.05) is 26.1 Å². The van der Waals surface area contributed by atoms with Crippen LogP contribution in [0.5, 0.6) is 17.2 Å². The highest BCUT2D eigenvalue weighted by Crippen LogP contribution is 2.37. The maximum Gasteiger partial charge on any atom is 0.273 e. The van der Waals surface area contributed by atoms with E-state index in [9.17, 15) is 18.0 Å². The Morgan fingerprint density at radius 1 is 0.861 bits per heavy atom. The summed E-state index contributed by atoms with van der Waals surface area (Å²) in [6.07, 6.45) is 0. The number of hydrogen-bond acceptors (Lipinski definition) is 8. The molecule has 2 amide bonds. The predicted octanol–water partition coefficient (Wildman–Crippen LogP) is 3.45. The lowest BCUT2D eigenvalue weighted by Crippen LogP contribution is -2.41. The largest absolute Gasteiger partial charge is 0.495 e. The quantitative estimate of drug-likeness (QED) is 0.370. The molecule has 0 radical (unpaired) electrons. The van der Waals surface area contributed by atoms with E-state index in [-0.39, 0.29) is 44.0 Å². The van der Waals surface area contributed by atoms with Crippen molar-refractivity contribution in [1.82, 2.24) is 10.9 Å². The Morgan fingerprint density at radius 2 is 1.50 bits per heavy atom. The molecule has 0 unspecified atom stereocenters. The summed E-state index contributed by atoms with van der Waals surface area (Å²) in [5.41, 5.74) is 4.76. The van der Waals surface area contributed by atoms with Crippen LogP contribution in [0.15, 0.2) is 45.7 Å². The molecule has 1 heterocycles. The van der Waals surface area contributed by atoms with E-state index < -0.39 is 21.8 Å². The van der Waals surface area contributed by atoms with E-state index >= 15 is 0 Å². The first-order valence-electron chi connectivity index (χ1n) is 10.3. The van der Waals surface area contributed by atoms with E-state index in [0.29, 0.717) is 11.5 Å². The van der Waals surface area contributed by atoms with Crippen LogP contribution in [0, 0.1) is 13.8 Å². The van der Waals surface area contributed by atoms with Gasteiger partial charge >= 0.3 is 0 Å². The van der Waals surface area contributed by atoms with Crippen molar-refractivity contribution in [1.29, 1.82) is 0 Å². The molecule has 3 N–H and O–H groups in total. The summed E-state index contributed by atoms with van der Waals surface area (Å²) in [4.78, 5) is 24.7. The molecule has 192 valence electrons. The molecule has 0 fully saturated rings. The SMILES string of the molecule is COc1cc(OC)c(NS(=O)(=O)c2cc(C(=O)NNC(=O)c3cc(C)oc3C)ccc2OC)cc1Cl. The number of amides is 2. The standard InChI is InChI=1S/C23H24ClN3O8S/c1-12-8-15(13(2)35-12)23(29)26-25-22(28)14-6-7-18(32-3)21(9-14)36(30,31)27-17-10-16(24)19(33-4)11-20(17)34-5/h6-11,27H,1-5H3,(H,25,28)(H,26,29). The zero-order chi connectivity index (χ0) is 26.6. The minimum Gasteiger partial charge on any atom is -0.495 e. The lowest BCUT2D eigenvalue weighted by molar-refractivity contribution is 0.0845. The van der Waals surface area contributed by atoms with Crippen LogP contribution in [0.1, 0.15) is 32.2 Å². The van der Waals surface area contributed by atoms with Gasteiger partial charge in [-0.1, -0.05) is 11.6 Å². The fraction of sp³-hybridized carbons (Fsp3) is 0.217. The number of nitrogens with one attached hydrogen (secondary N) is 3. The number of aryl methyl sites for hydroxylation is 2. The highest BCUT2D eigenvalue weighted by molar-refractivity contribution is 7.92. The van der Waals surface area contributed by atoms with Gasteiger partial charge in [0.1, 0.15) is 33.7 Å². The molecule has 0 aliphatic rings. The number of ether oxygens (including phenoxy) is 3. The van der Waals surface area contributed by atoms with E-state index in [1.807, 2.05) is 0 Å². The number of hydrazine groups is 1. The van der Waals surface area contributed by atoms with Crippen LogP contribution in [0.3, 0.4) is 0 Å². The number of halogens is 1. The van der Waals surface area contributed by atoms with E-state index in [1.165, 1.54) is 51.7 Å². The minimum absolute atomic E-state index is 0.0221. The molecule has 3 aromatic rings. The van der Waals surface area contributed by atoms with Crippen LogP contribution in [0.4, 0.5) is 5.69 Å². The van der Waals surface area contributed by atoms with Crippen molar-refractivity contribution in [2.45, 2.75) is 18.7 Å². The maximum absolute atomic E-state index is 13.2. The monoisotopic (exact) mass is 537 g/mol. The number of sulfonamides is 1. The Bertz CT molecular complexity index is 1420. The number of methoxy groups -OCH3 is 3. The smallest absolute Gasteiger partial charge is 0.273 e. The van der Waals surface area contributed by atoms with Crippen LogP contribution < -0.4 is 29.8 Å². The number of anilines is 1. The van der Waals surface area contributed by atoms with Gasteiger partial charge in [0, 0.05) is 11.6 Å². The fourth-order valence-corrected chi connectivity index (χ4v) is 4.77. The van der Waals surface area contributed by atoms with Gasteiger partial charge in [0.15, 0.2) is 0 Å². The number of rotatable bonds is 8. The average Bonchev–Trinajstić information content (AvgIpc) is 3.19. The second kappa shape index (κ2) is 10.8. The van der Waals surface area contributed by atoms with E-state index in [0.717, 1.165) is 6.07 Å². The van der Waals surface area contributed by atoms with Crippen molar-refractivity contribution in [3.8, 4) is 17.2 Å². The third-order valence-corrected chi connectivity index (χ3v) is 6.69. The summed E-state index contributed by atoms with van der Waals surface area (Å²) < 4.78 is 49.7. The van der Waals surface area contributed by atoms with Gasteiger partial charge in [0.25, 0.3) is 21.8 Å². The Morgan fingerprint density at radius 3 is 2.08 bits per heavy atom. The molecule has 36 heavy (non-hydrogen) atoms. The molecule has 0 saturated carbocycles. The molecule has 0 aliphatic heterocycles. The molecule has 0 spiro atoms. The number of carbonyl (C=O) groups excluding carboxylic acids is 2. The zero-order valence-corrected chi connectivity index (χ0v) is 21.6. The summed E-state index contributed by atoms with van der Waals surface area (Å²) in [5, 5.41) is 0.148. The zero-order valence-electron chi connectivity index (χ0n) is 20.0. The first-order valence-corrected chi connectivity index (χ1v) is 12.2. The Balaban J connectivity index is 1.87. The van der Waals surface area contributed by atoms with Crippen LogP contribution in [-0.4, -0.2) is 41.6 Å². The highest BCUT2D eigenvalue weighted by atomic mass is 35.5. The van der Waals surface area contributed by atoms with Crippen molar-refractivity contribution in [3.05, 3.63) is 64.1 Å². The van der Waals surface area contributed by atoms with Crippen molar-refractivity contribution >= 4 is 39.1 Å². The molecule has 2 aromatic carbocycles. The molecule has 0 saturated heterocycles. The van der Waals surface area contributed by atoms with E-state index in [4.69, 9.17) is 30.2 Å². The van der Waals surface area contributed by atoms with Crippen LogP contribution in [0.2, 0.25) is 5.02 Å². The van der Waals surface area contributed by atoms with Gasteiger partial charge in [-0.15, -0.1) is 0 Å². The second-order valence-corrected chi connectivity index (χ2v) is 9.45. The fourth-order valence-electron chi connectivity index (χ4n) is 3.28. The van der Waals surface area contributed by atoms with Crippen LogP contribution >= 0.6 is 11.6 Å². The normalized spacial score (nSPS) is 10.9. The Kier molecular flexibility index (Phi) is 8.00. The van der Waals surface area contributed by atoms with Gasteiger partial charge < -0.3 is 18.6 Å². The molecule has 1 aromatic heterocycles. The van der Waals surface area contributed by atoms with Crippen molar-refractivity contribution in [2.24, 2.45) is 0 Å². The highest BCUT2D eigenvalue weighted by Gasteiger charge is 2.24. The summed E-state index contributed by atoms with van der Waals surface area (Å²) in [6.45, 7) is 3.30. The molecule has 11 nitrogen and oxygen atoms in total. The summed E-state index contributed by atoms with van der Waals surface area (Å²) >= 11 is 6.14.